The molecule has 0 amide bonds. The molecule has 14 heteroatoms. The Kier molecular flexibility index (Phi) is 11.8. The first-order valence-corrected chi connectivity index (χ1v) is 29.6. The molecule has 0 N–H and O–H groups in total. The first-order chi connectivity index (χ1) is 40.5. The number of fused-ring (bicyclic) bond motifs is 11. The number of nitriles is 3. The number of hydrogen-bond acceptors (Lipinski definition) is 9. The van der Waals surface area contributed by atoms with E-state index in [2.05, 4.69) is 114 Å². The summed E-state index contributed by atoms with van der Waals surface area (Å²) < 4.78 is 61.8. The Morgan fingerprint density at radius 1 is 0.464 bits per heavy atom. The number of nitrogens with zero attached hydrogens (tertiary/aromatic N) is 4. The molecule has 0 fully saturated rings. The zero-order valence-electron chi connectivity index (χ0n) is 44.6. The van der Waals surface area contributed by atoms with Gasteiger partial charge in [-0.2, -0.15) is 10.5 Å². The molecule has 0 aliphatic heterocycles. The number of Topliss-reactive ketones (excluding diaryl/α,β-unsaturated/α-hetero) is 2. The van der Waals surface area contributed by atoms with Crippen LogP contribution in [0, 0.1) is 91.5 Å². The van der Waals surface area contributed by atoms with Crippen LogP contribution in [0.5, 0.6) is 0 Å². The third-order valence-electron chi connectivity index (χ3n) is 16.6. The van der Waals surface area contributed by atoms with E-state index in [0.717, 1.165) is 120 Å². The van der Waals surface area contributed by atoms with Crippen molar-refractivity contribution in [3.8, 4) is 37.7 Å². The van der Waals surface area contributed by atoms with E-state index in [1.165, 1.54) is 22.7 Å². The number of allylic oxidation sites excluding steroid dienone is 6. The van der Waals surface area contributed by atoms with Crippen molar-refractivity contribution in [2.45, 2.75) is 38.5 Å². The standard InChI is InChI=1S/C70H36F4N4O2S4/c1-33-6-14-38(15-7-33)69(39-16-8-34(2)9-17-39)50-24-42(22-48-57(37(30-75)31-76)44-26-52(71)54(73)28-46(44)61(48)79)81-63(50)65-59(69)67-68(83-65)60-66(84-67)64-51(70(60,40-18-10-35(3)11-19-40)41-20-12-36(4)13-21-41)25-43(82-64)23-49-58(56(32-77)78-5)45-27-53(72)55(74)29-47(45)62(49)80/h6-29H,1-4H3/b48-22-,49-23-,58-56?. The van der Waals surface area contributed by atoms with Crippen molar-refractivity contribution in [3.05, 3.63) is 289 Å². The second kappa shape index (κ2) is 19.0. The van der Waals surface area contributed by atoms with Crippen LogP contribution in [-0.4, -0.2) is 11.6 Å². The zero-order valence-corrected chi connectivity index (χ0v) is 47.9. The maximum atomic E-state index is 15.0. The maximum Gasteiger partial charge on any atom is 0.270 e. The van der Waals surface area contributed by atoms with Crippen molar-refractivity contribution < 1.29 is 27.2 Å². The highest BCUT2D eigenvalue weighted by Gasteiger charge is 2.55. The highest BCUT2D eigenvalue weighted by atomic mass is 32.1. The molecule has 6 nitrogen and oxygen atoms in total. The van der Waals surface area contributed by atoms with Gasteiger partial charge in [-0.3, -0.25) is 9.59 Å². The number of carbonyl (C=O) groups excluding carboxylic acids is 2. The summed E-state index contributed by atoms with van der Waals surface area (Å²) in [4.78, 5) is 37.4. The minimum atomic E-state index is -1.23. The SMILES string of the molecule is [C-]#[N+]C(C#N)=C1/C(=C/c2cc3c(s2)-c2sc4c5c(sc4c2C3(c2ccc(C)cc2)c2ccc(C)cc2)-c2sc(/C=C3\C(=O)c4cc(F)c(F)cc4C3=C(C#N)C#N)cc2C5(c2ccc(C)cc2)c2ccc(C)cc2)C(=O)c2cc(F)c(F)cc21. The number of thiophene rings is 4. The molecular formula is C70H36F4N4O2S4. The van der Waals surface area contributed by atoms with E-state index in [-0.39, 0.29) is 44.5 Å². The van der Waals surface area contributed by atoms with Crippen molar-refractivity contribution in [2.24, 2.45) is 0 Å². The number of rotatable bonds is 6. The summed E-state index contributed by atoms with van der Waals surface area (Å²) in [6.45, 7) is 16.1. The first-order valence-electron chi connectivity index (χ1n) is 26.3. The van der Waals surface area contributed by atoms with Gasteiger partial charge in [-0.05, 0) is 121 Å². The second-order valence-electron chi connectivity index (χ2n) is 21.3. The smallest absolute Gasteiger partial charge is 0.270 e. The van der Waals surface area contributed by atoms with Gasteiger partial charge >= 0.3 is 0 Å². The Labute approximate surface area is 494 Å². The average Bonchev–Trinajstić information content (AvgIpc) is 1.50. The van der Waals surface area contributed by atoms with Crippen molar-refractivity contribution in [3.63, 3.8) is 0 Å². The predicted octanol–water partition coefficient (Wildman–Crippen LogP) is 18.1. The fourth-order valence-corrected chi connectivity index (χ4v) is 18.6. The highest BCUT2D eigenvalue weighted by molar-refractivity contribution is 7.34. The molecule has 0 atom stereocenters. The molecule has 84 heavy (non-hydrogen) atoms. The molecule has 0 spiro atoms. The minimum Gasteiger partial charge on any atom is -0.289 e. The summed E-state index contributed by atoms with van der Waals surface area (Å²) in [6.07, 6.45) is 3.27. The molecule has 0 radical (unpaired) electrons. The van der Waals surface area contributed by atoms with Crippen LogP contribution in [0.25, 0.3) is 57.1 Å². The first kappa shape index (κ1) is 52.4. The highest BCUT2D eigenvalue weighted by Crippen LogP contribution is 2.70. The van der Waals surface area contributed by atoms with Crippen LogP contribution < -0.4 is 0 Å². The van der Waals surface area contributed by atoms with Gasteiger partial charge in [-0.25, -0.2) is 27.7 Å². The topological polar surface area (TPSA) is 110 Å². The van der Waals surface area contributed by atoms with E-state index in [1.54, 1.807) is 34.8 Å². The average molecular weight is 1170 g/mol. The van der Waals surface area contributed by atoms with Gasteiger partial charge in [0.2, 0.25) is 0 Å². The molecule has 0 unspecified atom stereocenters. The van der Waals surface area contributed by atoms with Crippen LogP contribution in [0.3, 0.4) is 0 Å². The Morgan fingerprint density at radius 2 is 0.798 bits per heavy atom. The summed E-state index contributed by atoms with van der Waals surface area (Å²) in [5.41, 5.74) is 8.84. The fourth-order valence-electron chi connectivity index (χ4n) is 12.9. The van der Waals surface area contributed by atoms with Gasteiger partial charge in [-0.15, -0.1) is 45.3 Å². The van der Waals surface area contributed by atoms with Gasteiger partial charge in [0.1, 0.15) is 17.7 Å². The lowest BCUT2D eigenvalue weighted by atomic mass is 9.67. The lowest BCUT2D eigenvalue weighted by Gasteiger charge is -2.34. The van der Waals surface area contributed by atoms with Gasteiger partial charge in [-0.1, -0.05) is 119 Å². The molecule has 0 saturated heterocycles. The van der Waals surface area contributed by atoms with E-state index in [0.29, 0.717) is 9.75 Å². The van der Waals surface area contributed by atoms with E-state index in [1.807, 2.05) is 45.9 Å². The monoisotopic (exact) mass is 1170 g/mol. The molecule has 4 aliphatic carbocycles. The molecule has 6 aromatic carbocycles. The molecule has 4 heterocycles. The van der Waals surface area contributed by atoms with Crippen LogP contribution in [0.1, 0.15) is 108 Å². The normalized spacial score (nSPS) is 16.2. The van der Waals surface area contributed by atoms with Crippen LogP contribution in [-0.2, 0) is 10.8 Å². The molecule has 400 valence electrons. The third kappa shape index (κ3) is 7.19. The van der Waals surface area contributed by atoms with Gasteiger partial charge in [0, 0.05) is 54.3 Å². The molecular weight excluding hydrogens is 1130 g/mol. The summed E-state index contributed by atoms with van der Waals surface area (Å²) >= 11 is 6.28. The fraction of sp³-hybridized carbons (Fsp3) is 0.0857. The summed E-state index contributed by atoms with van der Waals surface area (Å²) in [6, 6.07) is 47.2. The number of hydrogen-bond donors (Lipinski definition) is 0. The predicted molar refractivity (Wildman–Crippen MR) is 324 cm³/mol. The molecule has 0 saturated carbocycles. The Morgan fingerprint density at radius 3 is 1.13 bits per heavy atom. The van der Waals surface area contributed by atoms with Crippen molar-refractivity contribution in [1.29, 1.82) is 15.8 Å². The zero-order chi connectivity index (χ0) is 58.4. The molecule has 14 rings (SSSR count). The summed E-state index contributed by atoms with van der Waals surface area (Å²) in [7, 11) is 0. The lowest BCUT2D eigenvalue weighted by Crippen LogP contribution is -2.28. The van der Waals surface area contributed by atoms with Crippen molar-refractivity contribution in [1.82, 2.24) is 0 Å². The van der Waals surface area contributed by atoms with Crippen molar-refractivity contribution in [2.75, 3.05) is 0 Å². The van der Waals surface area contributed by atoms with Crippen LogP contribution in [0.15, 0.2) is 156 Å². The van der Waals surface area contributed by atoms with Gasteiger partial charge in [0.15, 0.2) is 34.8 Å². The lowest BCUT2D eigenvalue weighted by molar-refractivity contribution is 0.103. The van der Waals surface area contributed by atoms with E-state index < -0.39 is 56.9 Å². The van der Waals surface area contributed by atoms with E-state index in [4.69, 9.17) is 6.57 Å². The number of carbonyl (C=O) groups is 2. The molecule has 4 aromatic heterocycles. The third-order valence-corrected chi connectivity index (χ3v) is 21.6. The van der Waals surface area contributed by atoms with Gasteiger partial charge in [0.25, 0.3) is 5.70 Å². The quantitative estimate of drug-likeness (QED) is 0.0713. The van der Waals surface area contributed by atoms with Crippen molar-refractivity contribution >= 4 is 89.6 Å². The van der Waals surface area contributed by atoms with Crippen LogP contribution in [0.4, 0.5) is 17.6 Å². The number of aryl methyl sites for hydroxylation is 4. The second-order valence-corrected chi connectivity index (χ2v) is 25.5. The number of ketones is 2. The van der Waals surface area contributed by atoms with Gasteiger partial charge in [0.05, 0.1) is 52.4 Å². The Bertz CT molecular complexity index is 4560. The Balaban J connectivity index is 1.07. The molecule has 0 bridgehead atoms. The Hall–Kier alpha value is -9.64. The number of benzene rings is 6. The largest absolute Gasteiger partial charge is 0.289 e. The molecule has 10 aromatic rings. The van der Waals surface area contributed by atoms with E-state index in [9.17, 15) is 42.9 Å². The minimum absolute atomic E-state index is 0.0152. The molecule has 4 aliphatic rings. The van der Waals surface area contributed by atoms with E-state index >= 15 is 0 Å². The maximum absolute atomic E-state index is 15.0. The van der Waals surface area contributed by atoms with Crippen LogP contribution in [0.2, 0.25) is 0 Å². The summed E-state index contributed by atoms with van der Waals surface area (Å²) in [5.74, 6) is -6.14. The summed E-state index contributed by atoms with van der Waals surface area (Å²) in [5, 5.41) is 30.7. The number of halogens is 4. The van der Waals surface area contributed by atoms with Crippen LogP contribution >= 0.6 is 45.3 Å². The van der Waals surface area contributed by atoms with Gasteiger partial charge < -0.3 is 0 Å².